The van der Waals surface area contributed by atoms with E-state index in [1.54, 1.807) is 13.8 Å². The minimum Gasteiger partial charge on any atom is -0.386 e. The first-order valence-electron chi connectivity index (χ1n) is 6.09. The zero-order chi connectivity index (χ0) is 13.1. The van der Waals surface area contributed by atoms with Crippen molar-refractivity contribution in [2.24, 2.45) is 11.7 Å². The molecule has 1 fully saturated rings. The summed E-state index contributed by atoms with van der Waals surface area (Å²) in [4.78, 5) is 0. The minimum atomic E-state index is -3.35. The van der Waals surface area contributed by atoms with Crippen LogP contribution in [0.4, 0.5) is 0 Å². The lowest BCUT2D eigenvalue weighted by atomic mass is 9.91. The summed E-state index contributed by atoms with van der Waals surface area (Å²) < 4.78 is 26.4. The highest BCUT2D eigenvalue weighted by Crippen LogP contribution is 2.25. The summed E-state index contributed by atoms with van der Waals surface area (Å²) in [6, 6.07) is 0. The maximum Gasteiger partial charge on any atom is 0.212 e. The molecule has 0 aromatic heterocycles. The average molecular weight is 261 g/mol. The standard InChI is InChI=1S/C11H23N3O2S/c1-11(2,10(12)13)14-17(15,16)8-9-6-4-3-5-7-9/h9,14H,3-8H2,1-2H3,(H3,12,13). The van der Waals surface area contributed by atoms with Crippen LogP contribution in [0.1, 0.15) is 46.0 Å². The molecule has 0 bridgehead atoms. The Balaban J connectivity index is 2.59. The molecule has 0 unspecified atom stereocenters. The number of rotatable bonds is 5. The molecule has 1 rings (SSSR count). The van der Waals surface area contributed by atoms with Gasteiger partial charge in [-0.2, -0.15) is 0 Å². The molecular formula is C11H23N3O2S. The van der Waals surface area contributed by atoms with Crippen LogP contribution in [-0.4, -0.2) is 25.5 Å². The molecule has 4 N–H and O–H groups in total. The van der Waals surface area contributed by atoms with E-state index in [2.05, 4.69) is 4.72 Å². The predicted octanol–water partition coefficient (Wildman–Crippen LogP) is 1.20. The number of amidine groups is 1. The summed E-state index contributed by atoms with van der Waals surface area (Å²) in [5, 5.41) is 7.35. The van der Waals surface area contributed by atoms with Crippen molar-refractivity contribution in [2.75, 3.05) is 5.75 Å². The second-order valence-electron chi connectivity index (χ2n) is 5.43. The van der Waals surface area contributed by atoms with Gasteiger partial charge in [0.25, 0.3) is 0 Å². The molecule has 0 aliphatic heterocycles. The lowest BCUT2D eigenvalue weighted by molar-refractivity contribution is 0.382. The molecule has 0 aromatic carbocycles. The molecule has 0 heterocycles. The monoisotopic (exact) mass is 261 g/mol. The van der Waals surface area contributed by atoms with Crippen molar-refractivity contribution in [3.8, 4) is 0 Å². The van der Waals surface area contributed by atoms with Crippen LogP contribution >= 0.6 is 0 Å². The van der Waals surface area contributed by atoms with Gasteiger partial charge in [-0.3, -0.25) is 5.41 Å². The van der Waals surface area contributed by atoms with E-state index in [1.807, 2.05) is 0 Å². The smallest absolute Gasteiger partial charge is 0.212 e. The minimum absolute atomic E-state index is 0.156. The summed E-state index contributed by atoms with van der Waals surface area (Å²) in [6.45, 7) is 3.21. The molecule has 0 aromatic rings. The van der Waals surface area contributed by atoms with E-state index in [9.17, 15) is 8.42 Å². The number of nitrogens with two attached hydrogens (primary N) is 1. The third kappa shape index (κ3) is 4.63. The molecular weight excluding hydrogens is 238 g/mol. The van der Waals surface area contributed by atoms with E-state index in [-0.39, 0.29) is 17.5 Å². The van der Waals surface area contributed by atoms with Gasteiger partial charge >= 0.3 is 0 Å². The topological polar surface area (TPSA) is 96.0 Å². The fourth-order valence-corrected chi connectivity index (χ4v) is 4.07. The molecule has 0 spiro atoms. The number of hydrogen-bond acceptors (Lipinski definition) is 3. The molecule has 17 heavy (non-hydrogen) atoms. The van der Waals surface area contributed by atoms with Crippen LogP contribution < -0.4 is 10.5 Å². The Labute approximate surface area is 104 Å². The third-order valence-corrected chi connectivity index (χ3v) is 5.00. The molecule has 0 radical (unpaired) electrons. The van der Waals surface area contributed by atoms with Gasteiger partial charge in [-0.05, 0) is 32.6 Å². The fraction of sp³-hybridized carbons (Fsp3) is 0.909. The van der Waals surface area contributed by atoms with E-state index in [0.29, 0.717) is 0 Å². The highest BCUT2D eigenvalue weighted by molar-refractivity contribution is 7.89. The number of hydrogen-bond donors (Lipinski definition) is 3. The first kappa shape index (κ1) is 14.4. The van der Waals surface area contributed by atoms with E-state index >= 15 is 0 Å². The molecule has 5 nitrogen and oxygen atoms in total. The van der Waals surface area contributed by atoms with Crippen LogP contribution in [-0.2, 0) is 10.0 Å². The number of nitrogens with one attached hydrogen (secondary N) is 2. The van der Waals surface area contributed by atoms with Gasteiger partial charge in [-0.25, -0.2) is 13.1 Å². The summed E-state index contributed by atoms with van der Waals surface area (Å²) in [5.41, 5.74) is 4.37. The maximum atomic E-state index is 12.0. The van der Waals surface area contributed by atoms with E-state index < -0.39 is 15.6 Å². The van der Waals surface area contributed by atoms with Crippen LogP contribution in [0.3, 0.4) is 0 Å². The molecule has 1 saturated carbocycles. The SMILES string of the molecule is CC(C)(NS(=O)(=O)CC1CCCCC1)C(=N)N. The molecule has 100 valence electrons. The van der Waals surface area contributed by atoms with Gasteiger partial charge < -0.3 is 5.73 Å². The second kappa shape index (κ2) is 5.35. The van der Waals surface area contributed by atoms with E-state index in [0.717, 1.165) is 25.7 Å². The van der Waals surface area contributed by atoms with Crippen molar-refractivity contribution >= 4 is 15.9 Å². The summed E-state index contributed by atoms with van der Waals surface area (Å²) in [7, 11) is -3.35. The van der Waals surface area contributed by atoms with Gasteiger partial charge in [-0.1, -0.05) is 19.3 Å². The fourth-order valence-electron chi connectivity index (χ4n) is 2.15. The van der Waals surface area contributed by atoms with Crippen LogP contribution in [0.15, 0.2) is 0 Å². The normalized spacial score (nSPS) is 19.2. The average Bonchev–Trinajstić information content (AvgIpc) is 2.16. The van der Waals surface area contributed by atoms with Gasteiger partial charge in [0.05, 0.1) is 11.3 Å². The lowest BCUT2D eigenvalue weighted by Gasteiger charge is -2.27. The Kier molecular flexibility index (Phi) is 4.55. The van der Waals surface area contributed by atoms with Crippen LogP contribution in [0, 0.1) is 11.3 Å². The summed E-state index contributed by atoms with van der Waals surface area (Å²) in [5.74, 6) is 0.248. The van der Waals surface area contributed by atoms with Crippen molar-refractivity contribution in [1.29, 1.82) is 5.41 Å². The molecule has 6 heteroatoms. The van der Waals surface area contributed by atoms with Gasteiger partial charge in [0.1, 0.15) is 5.84 Å². The van der Waals surface area contributed by atoms with Crippen LogP contribution in [0.5, 0.6) is 0 Å². The van der Waals surface area contributed by atoms with Gasteiger partial charge in [0, 0.05) is 0 Å². The van der Waals surface area contributed by atoms with Crippen molar-refractivity contribution in [3.63, 3.8) is 0 Å². The van der Waals surface area contributed by atoms with Crippen molar-refractivity contribution in [2.45, 2.75) is 51.5 Å². The van der Waals surface area contributed by atoms with E-state index in [4.69, 9.17) is 11.1 Å². The van der Waals surface area contributed by atoms with Crippen molar-refractivity contribution < 1.29 is 8.42 Å². The highest BCUT2D eigenvalue weighted by Gasteiger charge is 2.30. The van der Waals surface area contributed by atoms with Crippen molar-refractivity contribution in [3.05, 3.63) is 0 Å². The molecule has 1 aliphatic carbocycles. The Morgan fingerprint density at radius 1 is 1.35 bits per heavy atom. The molecule has 1 aliphatic rings. The summed E-state index contributed by atoms with van der Waals surface area (Å²) >= 11 is 0. The first-order chi connectivity index (χ1) is 7.73. The largest absolute Gasteiger partial charge is 0.386 e. The highest BCUT2D eigenvalue weighted by atomic mass is 32.2. The third-order valence-electron chi connectivity index (χ3n) is 3.26. The Hall–Kier alpha value is -0.620. The van der Waals surface area contributed by atoms with Gasteiger partial charge in [0.15, 0.2) is 0 Å². The molecule has 0 atom stereocenters. The quantitative estimate of drug-likeness (QED) is 0.512. The first-order valence-corrected chi connectivity index (χ1v) is 7.74. The maximum absolute atomic E-state index is 12.0. The zero-order valence-electron chi connectivity index (χ0n) is 10.6. The second-order valence-corrected chi connectivity index (χ2v) is 7.19. The van der Waals surface area contributed by atoms with Crippen molar-refractivity contribution in [1.82, 2.24) is 4.72 Å². The van der Waals surface area contributed by atoms with Crippen LogP contribution in [0.25, 0.3) is 0 Å². The predicted molar refractivity (Wildman–Crippen MR) is 69.5 cm³/mol. The Bertz CT molecular complexity index is 370. The Morgan fingerprint density at radius 2 is 1.88 bits per heavy atom. The zero-order valence-corrected chi connectivity index (χ0v) is 11.4. The Morgan fingerprint density at radius 3 is 2.35 bits per heavy atom. The lowest BCUT2D eigenvalue weighted by Crippen LogP contribution is -2.53. The van der Waals surface area contributed by atoms with Crippen LogP contribution in [0.2, 0.25) is 0 Å². The summed E-state index contributed by atoms with van der Waals surface area (Å²) in [6.07, 6.45) is 5.43. The number of sulfonamides is 1. The van der Waals surface area contributed by atoms with Gasteiger partial charge in [-0.15, -0.1) is 0 Å². The van der Waals surface area contributed by atoms with Gasteiger partial charge in [0.2, 0.25) is 10.0 Å². The molecule has 0 saturated heterocycles. The van der Waals surface area contributed by atoms with E-state index in [1.165, 1.54) is 6.42 Å². The molecule has 0 amide bonds.